The molecule has 0 saturated carbocycles. The first-order valence-corrected chi connectivity index (χ1v) is 4.38. The molecule has 0 amide bonds. The average molecular weight is 188 g/mol. The molecule has 0 radical (unpaired) electrons. The Morgan fingerprint density at radius 3 is 1.57 bits per heavy atom. The summed E-state index contributed by atoms with van der Waals surface area (Å²) in [5.74, 6) is 0.856. The van der Waals surface area contributed by atoms with Crippen LogP contribution in [0.25, 0.3) is 10.8 Å². The van der Waals surface area contributed by atoms with Crippen molar-refractivity contribution in [2.45, 2.75) is 13.8 Å². The van der Waals surface area contributed by atoms with Crippen molar-refractivity contribution in [2.24, 2.45) is 0 Å². The maximum Gasteiger partial charge on any atom is 0.154 e. The lowest BCUT2D eigenvalue weighted by Gasteiger charge is -2.06. The smallest absolute Gasteiger partial charge is 0.154 e. The first-order valence-electron chi connectivity index (χ1n) is 4.38. The average Bonchev–Trinajstić information content (AvgIpc) is 2.15. The molecule has 14 heavy (non-hydrogen) atoms. The van der Waals surface area contributed by atoms with Gasteiger partial charge in [-0.25, -0.2) is 0 Å². The number of aromatic nitrogens is 2. The SMILES string of the molecule is Cc1cc2c(N)nnc(N)c2cc1C. The molecule has 0 bridgehead atoms. The molecule has 1 aromatic carbocycles. The highest BCUT2D eigenvalue weighted by Gasteiger charge is 2.06. The molecule has 0 saturated heterocycles. The van der Waals surface area contributed by atoms with Gasteiger partial charge in [0.25, 0.3) is 0 Å². The summed E-state index contributed by atoms with van der Waals surface area (Å²) in [5.41, 5.74) is 13.8. The van der Waals surface area contributed by atoms with Crippen LogP contribution < -0.4 is 11.5 Å². The Bertz CT molecular complexity index is 458. The summed E-state index contributed by atoms with van der Waals surface area (Å²) in [5, 5.41) is 9.31. The van der Waals surface area contributed by atoms with Gasteiger partial charge in [-0.1, -0.05) is 0 Å². The Kier molecular flexibility index (Phi) is 1.77. The van der Waals surface area contributed by atoms with E-state index in [1.165, 1.54) is 11.1 Å². The second kappa shape index (κ2) is 2.83. The van der Waals surface area contributed by atoms with E-state index in [9.17, 15) is 0 Å². The largest absolute Gasteiger partial charge is 0.382 e. The number of anilines is 2. The van der Waals surface area contributed by atoms with Crippen molar-refractivity contribution < 1.29 is 0 Å². The standard InChI is InChI=1S/C10H12N4/c1-5-3-7-8(4-6(5)2)10(12)14-13-9(7)11/h3-4H,1-2H3,(H2,11,13)(H2,12,14). The summed E-state index contributed by atoms with van der Waals surface area (Å²) in [6.45, 7) is 4.07. The van der Waals surface area contributed by atoms with E-state index in [4.69, 9.17) is 11.5 Å². The minimum absolute atomic E-state index is 0.428. The highest BCUT2D eigenvalue weighted by molar-refractivity contribution is 5.97. The number of rotatable bonds is 0. The van der Waals surface area contributed by atoms with Gasteiger partial charge in [-0.3, -0.25) is 0 Å². The summed E-state index contributed by atoms with van der Waals surface area (Å²) >= 11 is 0. The maximum absolute atomic E-state index is 5.71. The fraction of sp³-hybridized carbons (Fsp3) is 0.200. The number of benzene rings is 1. The van der Waals surface area contributed by atoms with E-state index in [1.807, 2.05) is 26.0 Å². The van der Waals surface area contributed by atoms with Crippen molar-refractivity contribution >= 4 is 22.4 Å². The topological polar surface area (TPSA) is 77.8 Å². The van der Waals surface area contributed by atoms with Crippen molar-refractivity contribution in [3.05, 3.63) is 23.3 Å². The Balaban J connectivity index is 2.94. The molecule has 4 heteroatoms. The number of hydrogen-bond donors (Lipinski definition) is 2. The van der Waals surface area contributed by atoms with Gasteiger partial charge in [0, 0.05) is 10.8 Å². The highest BCUT2D eigenvalue weighted by atomic mass is 15.2. The Morgan fingerprint density at radius 1 is 0.857 bits per heavy atom. The highest BCUT2D eigenvalue weighted by Crippen LogP contribution is 2.25. The Hall–Kier alpha value is -1.84. The zero-order valence-electron chi connectivity index (χ0n) is 8.20. The molecule has 0 aliphatic rings. The fourth-order valence-corrected chi connectivity index (χ4v) is 1.46. The molecule has 2 rings (SSSR count). The normalized spacial score (nSPS) is 10.7. The van der Waals surface area contributed by atoms with E-state index in [0.29, 0.717) is 11.6 Å². The van der Waals surface area contributed by atoms with Gasteiger partial charge in [0.05, 0.1) is 0 Å². The van der Waals surface area contributed by atoms with Crippen molar-refractivity contribution in [3.63, 3.8) is 0 Å². The molecule has 1 aromatic heterocycles. The number of nitrogens with two attached hydrogens (primary N) is 2. The molecule has 72 valence electrons. The molecule has 0 atom stereocenters. The molecule has 0 fully saturated rings. The van der Waals surface area contributed by atoms with Crippen LogP contribution in [0, 0.1) is 13.8 Å². The lowest BCUT2D eigenvalue weighted by Crippen LogP contribution is -2.00. The third kappa shape index (κ3) is 1.16. The van der Waals surface area contributed by atoms with E-state index < -0.39 is 0 Å². The van der Waals surface area contributed by atoms with Crippen LogP contribution in [0.3, 0.4) is 0 Å². The monoisotopic (exact) mass is 188 g/mol. The fourth-order valence-electron chi connectivity index (χ4n) is 1.46. The summed E-state index contributed by atoms with van der Waals surface area (Å²) in [6.07, 6.45) is 0. The van der Waals surface area contributed by atoms with E-state index in [1.54, 1.807) is 0 Å². The lowest BCUT2D eigenvalue weighted by molar-refractivity contribution is 1.07. The van der Waals surface area contributed by atoms with E-state index in [2.05, 4.69) is 10.2 Å². The molecule has 2 aromatic rings. The van der Waals surface area contributed by atoms with E-state index in [0.717, 1.165) is 10.8 Å². The summed E-state index contributed by atoms with van der Waals surface area (Å²) in [7, 11) is 0. The minimum Gasteiger partial charge on any atom is -0.382 e. The zero-order chi connectivity index (χ0) is 10.3. The van der Waals surface area contributed by atoms with Gasteiger partial charge in [0.1, 0.15) is 0 Å². The molecule has 0 aliphatic heterocycles. The molecule has 4 nitrogen and oxygen atoms in total. The second-order valence-corrected chi connectivity index (χ2v) is 3.45. The molecule has 0 unspecified atom stereocenters. The van der Waals surface area contributed by atoms with Crippen LogP contribution in [-0.4, -0.2) is 10.2 Å². The molecule has 1 heterocycles. The molecule has 0 aliphatic carbocycles. The van der Waals surface area contributed by atoms with Gasteiger partial charge < -0.3 is 11.5 Å². The quantitative estimate of drug-likeness (QED) is 0.655. The van der Waals surface area contributed by atoms with Crippen LogP contribution in [0.5, 0.6) is 0 Å². The zero-order valence-corrected chi connectivity index (χ0v) is 8.20. The number of fused-ring (bicyclic) bond motifs is 1. The summed E-state index contributed by atoms with van der Waals surface area (Å²) < 4.78 is 0. The second-order valence-electron chi connectivity index (χ2n) is 3.45. The predicted octanol–water partition coefficient (Wildman–Crippen LogP) is 1.41. The van der Waals surface area contributed by atoms with Gasteiger partial charge in [-0.05, 0) is 37.1 Å². The van der Waals surface area contributed by atoms with Crippen LogP contribution in [0.2, 0.25) is 0 Å². The van der Waals surface area contributed by atoms with E-state index >= 15 is 0 Å². The number of nitrogens with zero attached hydrogens (tertiary/aromatic N) is 2. The molecule has 4 N–H and O–H groups in total. The molecule has 0 spiro atoms. The van der Waals surface area contributed by atoms with Gasteiger partial charge in [-0.15, -0.1) is 10.2 Å². The number of aryl methyl sites for hydroxylation is 2. The van der Waals surface area contributed by atoms with Crippen LogP contribution in [0.1, 0.15) is 11.1 Å². The van der Waals surface area contributed by atoms with Crippen molar-refractivity contribution in [2.75, 3.05) is 11.5 Å². The third-order valence-electron chi connectivity index (χ3n) is 2.45. The minimum atomic E-state index is 0.428. The van der Waals surface area contributed by atoms with Gasteiger partial charge in [0.2, 0.25) is 0 Å². The Morgan fingerprint density at radius 2 is 1.21 bits per heavy atom. The van der Waals surface area contributed by atoms with Gasteiger partial charge in [0.15, 0.2) is 11.6 Å². The van der Waals surface area contributed by atoms with Crippen molar-refractivity contribution in [1.29, 1.82) is 0 Å². The predicted molar refractivity (Wildman–Crippen MR) is 57.8 cm³/mol. The number of hydrogen-bond acceptors (Lipinski definition) is 4. The third-order valence-corrected chi connectivity index (χ3v) is 2.45. The number of nitrogen functional groups attached to an aromatic ring is 2. The van der Waals surface area contributed by atoms with Crippen LogP contribution >= 0.6 is 0 Å². The lowest BCUT2D eigenvalue weighted by atomic mass is 10.0. The van der Waals surface area contributed by atoms with Crippen molar-refractivity contribution in [1.82, 2.24) is 10.2 Å². The van der Waals surface area contributed by atoms with Gasteiger partial charge >= 0.3 is 0 Å². The summed E-state index contributed by atoms with van der Waals surface area (Å²) in [4.78, 5) is 0. The van der Waals surface area contributed by atoms with Crippen LogP contribution in [0.15, 0.2) is 12.1 Å². The molecular formula is C10H12N4. The summed E-state index contributed by atoms with van der Waals surface area (Å²) in [6, 6.07) is 3.98. The van der Waals surface area contributed by atoms with Crippen LogP contribution in [0.4, 0.5) is 11.6 Å². The Labute approximate surface area is 81.9 Å². The van der Waals surface area contributed by atoms with Crippen molar-refractivity contribution in [3.8, 4) is 0 Å². The maximum atomic E-state index is 5.71. The van der Waals surface area contributed by atoms with Crippen LogP contribution in [-0.2, 0) is 0 Å². The molecular weight excluding hydrogens is 176 g/mol. The van der Waals surface area contributed by atoms with Gasteiger partial charge in [-0.2, -0.15) is 0 Å². The van der Waals surface area contributed by atoms with E-state index in [-0.39, 0.29) is 0 Å². The first kappa shape index (κ1) is 8.74. The first-order chi connectivity index (χ1) is 6.59.